The van der Waals surface area contributed by atoms with Gasteiger partial charge in [0.05, 0.1) is 5.69 Å². The Labute approximate surface area is 98.2 Å². The molecule has 0 saturated heterocycles. The Morgan fingerprint density at radius 1 is 1.29 bits per heavy atom. The molecule has 17 heavy (non-hydrogen) atoms. The zero-order chi connectivity index (χ0) is 12.4. The van der Waals surface area contributed by atoms with Crippen molar-refractivity contribution in [3.8, 4) is 0 Å². The van der Waals surface area contributed by atoms with Gasteiger partial charge in [-0.05, 0) is 31.0 Å². The normalized spacial score (nSPS) is 14.2. The highest BCUT2D eigenvalue weighted by Crippen LogP contribution is 2.30. The minimum atomic E-state index is -0.523. The second-order valence-electron chi connectivity index (χ2n) is 4.14. The molecule has 0 spiro atoms. The fourth-order valence-electron chi connectivity index (χ4n) is 1.48. The van der Waals surface area contributed by atoms with Crippen molar-refractivity contribution in [2.24, 2.45) is 5.92 Å². The standard InChI is InChI=1S/C12H13FN2O2/c1-7(16)14-11-6-9(4-5-10(11)13)15-12(17)8-2-3-8/h4-6,8H,2-3H2,1H3,(H,14,16)(H,15,17). The van der Waals surface area contributed by atoms with Gasteiger partial charge in [-0.3, -0.25) is 9.59 Å². The van der Waals surface area contributed by atoms with Crippen molar-refractivity contribution in [1.82, 2.24) is 0 Å². The van der Waals surface area contributed by atoms with Gasteiger partial charge in [0.2, 0.25) is 11.8 Å². The molecule has 0 radical (unpaired) electrons. The van der Waals surface area contributed by atoms with Crippen molar-refractivity contribution in [3.63, 3.8) is 0 Å². The molecule has 1 fully saturated rings. The van der Waals surface area contributed by atoms with Crippen LogP contribution < -0.4 is 10.6 Å². The van der Waals surface area contributed by atoms with Gasteiger partial charge < -0.3 is 10.6 Å². The summed E-state index contributed by atoms with van der Waals surface area (Å²) < 4.78 is 13.3. The summed E-state index contributed by atoms with van der Waals surface area (Å²) in [5.74, 6) is -0.839. The molecule has 2 N–H and O–H groups in total. The first kappa shape index (κ1) is 11.6. The second kappa shape index (κ2) is 4.53. The van der Waals surface area contributed by atoms with Gasteiger partial charge in [0.25, 0.3) is 0 Å². The molecule has 1 aromatic rings. The van der Waals surface area contributed by atoms with E-state index in [1.165, 1.54) is 25.1 Å². The molecule has 1 aromatic carbocycles. The lowest BCUT2D eigenvalue weighted by atomic mass is 10.2. The molecule has 4 nitrogen and oxygen atoms in total. The van der Waals surface area contributed by atoms with Crippen LogP contribution in [0.2, 0.25) is 0 Å². The number of nitrogens with one attached hydrogen (secondary N) is 2. The quantitative estimate of drug-likeness (QED) is 0.844. The van der Waals surface area contributed by atoms with Crippen molar-refractivity contribution in [1.29, 1.82) is 0 Å². The molecule has 90 valence electrons. The van der Waals surface area contributed by atoms with Crippen LogP contribution in [0.5, 0.6) is 0 Å². The van der Waals surface area contributed by atoms with Crippen molar-refractivity contribution in [3.05, 3.63) is 24.0 Å². The maximum atomic E-state index is 13.3. The maximum Gasteiger partial charge on any atom is 0.227 e. The van der Waals surface area contributed by atoms with Crippen LogP contribution in [0.25, 0.3) is 0 Å². The van der Waals surface area contributed by atoms with Crippen LogP contribution in [0.4, 0.5) is 15.8 Å². The Balaban J connectivity index is 2.11. The Bertz CT molecular complexity index is 470. The Hall–Kier alpha value is -1.91. The van der Waals surface area contributed by atoms with Gasteiger partial charge in [0.1, 0.15) is 5.82 Å². The second-order valence-corrected chi connectivity index (χ2v) is 4.14. The molecule has 1 aliphatic carbocycles. The van der Waals surface area contributed by atoms with E-state index in [1.54, 1.807) is 0 Å². The number of carbonyl (C=O) groups is 2. The van der Waals surface area contributed by atoms with Crippen LogP contribution in [0.3, 0.4) is 0 Å². The number of carbonyl (C=O) groups excluding carboxylic acids is 2. The summed E-state index contributed by atoms with van der Waals surface area (Å²) in [7, 11) is 0. The first-order chi connectivity index (χ1) is 8.06. The van der Waals surface area contributed by atoms with Gasteiger partial charge in [-0.15, -0.1) is 0 Å². The van der Waals surface area contributed by atoms with Crippen molar-refractivity contribution >= 4 is 23.2 Å². The van der Waals surface area contributed by atoms with E-state index in [2.05, 4.69) is 10.6 Å². The maximum absolute atomic E-state index is 13.3. The largest absolute Gasteiger partial charge is 0.326 e. The first-order valence-electron chi connectivity index (χ1n) is 5.44. The number of anilines is 2. The van der Waals surface area contributed by atoms with Crippen molar-refractivity contribution in [2.75, 3.05) is 10.6 Å². The number of hydrogen-bond donors (Lipinski definition) is 2. The third-order valence-corrected chi connectivity index (χ3v) is 2.49. The monoisotopic (exact) mass is 236 g/mol. The number of hydrogen-bond acceptors (Lipinski definition) is 2. The van der Waals surface area contributed by atoms with Gasteiger partial charge in [0, 0.05) is 18.5 Å². The SMILES string of the molecule is CC(=O)Nc1cc(NC(=O)C2CC2)ccc1F. The fraction of sp³-hybridized carbons (Fsp3) is 0.333. The summed E-state index contributed by atoms with van der Waals surface area (Å²) in [5, 5.41) is 5.05. The number of halogens is 1. The van der Waals surface area contributed by atoms with E-state index in [0.29, 0.717) is 5.69 Å². The lowest BCUT2D eigenvalue weighted by molar-refractivity contribution is -0.117. The van der Waals surface area contributed by atoms with E-state index in [1.807, 2.05) is 0 Å². The van der Waals surface area contributed by atoms with E-state index in [-0.39, 0.29) is 23.4 Å². The van der Waals surface area contributed by atoms with Gasteiger partial charge in [0.15, 0.2) is 0 Å². The average molecular weight is 236 g/mol. The summed E-state index contributed by atoms with van der Waals surface area (Å²) in [4.78, 5) is 22.4. The molecule has 2 amide bonds. The molecular formula is C12H13FN2O2. The molecule has 2 rings (SSSR count). The van der Waals surface area contributed by atoms with Crippen LogP contribution in [-0.4, -0.2) is 11.8 Å². The Morgan fingerprint density at radius 3 is 2.59 bits per heavy atom. The molecule has 0 aromatic heterocycles. The average Bonchev–Trinajstić information content (AvgIpc) is 3.05. The first-order valence-corrected chi connectivity index (χ1v) is 5.44. The molecule has 0 heterocycles. The summed E-state index contributed by atoms with van der Waals surface area (Å²) in [6.07, 6.45) is 1.82. The molecule has 0 bridgehead atoms. The van der Waals surface area contributed by atoms with Crippen LogP contribution in [-0.2, 0) is 9.59 Å². The highest BCUT2D eigenvalue weighted by Gasteiger charge is 2.29. The third-order valence-electron chi connectivity index (χ3n) is 2.49. The topological polar surface area (TPSA) is 58.2 Å². The molecular weight excluding hydrogens is 223 g/mol. The van der Waals surface area contributed by atoms with E-state index < -0.39 is 5.82 Å². The summed E-state index contributed by atoms with van der Waals surface area (Å²) in [6, 6.07) is 4.10. The van der Waals surface area contributed by atoms with E-state index in [9.17, 15) is 14.0 Å². The molecule has 1 saturated carbocycles. The summed E-state index contributed by atoms with van der Waals surface area (Å²) in [5.41, 5.74) is 0.568. The Morgan fingerprint density at radius 2 is 2.00 bits per heavy atom. The van der Waals surface area contributed by atoms with Crippen LogP contribution in [0.15, 0.2) is 18.2 Å². The van der Waals surface area contributed by atoms with Gasteiger partial charge >= 0.3 is 0 Å². The molecule has 0 aliphatic heterocycles. The third kappa shape index (κ3) is 3.03. The smallest absolute Gasteiger partial charge is 0.227 e. The van der Waals surface area contributed by atoms with E-state index in [4.69, 9.17) is 0 Å². The van der Waals surface area contributed by atoms with Crippen molar-refractivity contribution < 1.29 is 14.0 Å². The van der Waals surface area contributed by atoms with E-state index in [0.717, 1.165) is 12.8 Å². The van der Waals surface area contributed by atoms with Crippen LogP contribution in [0.1, 0.15) is 19.8 Å². The summed E-state index contributed by atoms with van der Waals surface area (Å²) >= 11 is 0. The molecule has 5 heteroatoms. The lowest BCUT2D eigenvalue weighted by Crippen LogP contribution is -2.14. The minimum Gasteiger partial charge on any atom is -0.326 e. The van der Waals surface area contributed by atoms with Gasteiger partial charge in [-0.2, -0.15) is 0 Å². The highest BCUT2D eigenvalue weighted by atomic mass is 19.1. The Kier molecular flexibility index (Phi) is 3.08. The molecule has 0 unspecified atom stereocenters. The number of benzene rings is 1. The lowest BCUT2D eigenvalue weighted by Gasteiger charge is -2.08. The van der Waals surface area contributed by atoms with Gasteiger partial charge in [-0.25, -0.2) is 4.39 Å². The fourth-order valence-corrected chi connectivity index (χ4v) is 1.48. The van der Waals surface area contributed by atoms with Crippen molar-refractivity contribution in [2.45, 2.75) is 19.8 Å². The number of amides is 2. The molecule has 0 atom stereocenters. The van der Waals surface area contributed by atoms with Gasteiger partial charge in [-0.1, -0.05) is 0 Å². The van der Waals surface area contributed by atoms with Crippen LogP contribution in [0, 0.1) is 11.7 Å². The number of rotatable bonds is 3. The zero-order valence-corrected chi connectivity index (χ0v) is 9.42. The predicted octanol–water partition coefficient (Wildman–Crippen LogP) is 2.13. The molecule has 1 aliphatic rings. The minimum absolute atomic E-state index is 0.0506. The van der Waals surface area contributed by atoms with Crippen LogP contribution >= 0.6 is 0 Å². The summed E-state index contributed by atoms with van der Waals surface area (Å²) in [6.45, 7) is 1.30. The van der Waals surface area contributed by atoms with E-state index >= 15 is 0 Å². The zero-order valence-electron chi connectivity index (χ0n) is 9.42. The predicted molar refractivity (Wildman–Crippen MR) is 62.1 cm³/mol. The highest BCUT2D eigenvalue weighted by molar-refractivity contribution is 5.95.